The molecule has 2 amide bonds. The fourth-order valence-corrected chi connectivity index (χ4v) is 4.91. The Morgan fingerprint density at radius 1 is 1.29 bits per heavy atom. The number of carbonyl (C=O) groups excluding carboxylic acids is 1. The van der Waals surface area contributed by atoms with E-state index in [0.29, 0.717) is 16.3 Å². The average Bonchev–Trinajstić information content (AvgIpc) is 3.36. The highest BCUT2D eigenvalue weighted by Crippen LogP contribution is 2.35. The van der Waals surface area contributed by atoms with Gasteiger partial charge in [0.1, 0.15) is 5.82 Å². The third-order valence-electron chi connectivity index (χ3n) is 4.76. The number of nitrogens with one attached hydrogen (secondary N) is 1. The number of alkyl halides is 3. The number of carbonyl (C=O) groups is 2. The Labute approximate surface area is 183 Å². The van der Waals surface area contributed by atoms with E-state index in [2.05, 4.69) is 10.3 Å². The number of urea groups is 1. The number of anilines is 2. The summed E-state index contributed by atoms with van der Waals surface area (Å²) in [5.74, 6) is -2.44. The first-order valence-electron chi connectivity index (χ1n) is 9.39. The van der Waals surface area contributed by atoms with Crippen LogP contribution in [0.25, 0.3) is 0 Å². The Morgan fingerprint density at radius 2 is 2.00 bits per heavy atom. The molecule has 12 heteroatoms. The fraction of sp³-hybridized carbons (Fsp3) is 0.421. The first kappa shape index (κ1) is 23.3. The van der Waals surface area contributed by atoms with E-state index in [1.165, 1.54) is 11.1 Å². The molecular formula is C19H19F4N3O3S2. The van der Waals surface area contributed by atoms with E-state index in [0.717, 1.165) is 54.8 Å². The van der Waals surface area contributed by atoms with Crippen LogP contribution in [0.2, 0.25) is 0 Å². The van der Waals surface area contributed by atoms with Crippen LogP contribution in [0.5, 0.6) is 0 Å². The number of carboxylic acids is 1. The first-order chi connectivity index (χ1) is 14.6. The van der Waals surface area contributed by atoms with Crippen LogP contribution < -0.4 is 10.2 Å². The van der Waals surface area contributed by atoms with E-state index in [-0.39, 0.29) is 29.0 Å². The van der Waals surface area contributed by atoms with E-state index in [9.17, 15) is 27.2 Å². The summed E-state index contributed by atoms with van der Waals surface area (Å²) in [5.41, 5.74) is -1.49. The normalized spacial score (nSPS) is 14.6. The molecule has 1 saturated carbocycles. The number of thiazole rings is 1. The van der Waals surface area contributed by atoms with E-state index < -0.39 is 29.6 Å². The van der Waals surface area contributed by atoms with Crippen LogP contribution in [-0.2, 0) is 11.0 Å². The van der Waals surface area contributed by atoms with Gasteiger partial charge in [-0.15, -0.1) is 11.8 Å². The van der Waals surface area contributed by atoms with Crippen molar-refractivity contribution in [2.75, 3.05) is 22.5 Å². The van der Waals surface area contributed by atoms with Crippen molar-refractivity contribution in [2.24, 2.45) is 5.92 Å². The van der Waals surface area contributed by atoms with Crippen LogP contribution in [0.1, 0.15) is 31.2 Å². The molecule has 31 heavy (non-hydrogen) atoms. The maximum absolute atomic E-state index is 13.7. The molecule has 1 fully saturated rings. The van der Waals surface area contributed by atoms with Gasteiger partial charge in [-0.2, -0.15) is 13.2 Å². The molecule has 2 N–H and O–H groups in total. The van der Waals surface area contributed by atoms with Crippen molar-refractivity contribution in [3.8, 4) is 0 Å². The molecule has 0 unspecified atom stereocenters. The number of rotatable bonds is 7. The van der Waals surface area contributed by atoms with Crippen LogP contribution in [0.3, 0.4) is 0 Å². The molecule has 1 aliphatic carbocycles. The van der Waals surface area contributed by atoms with E-state index >= 15 is 0 Å². The Bertz CT molecular complexity index is 946. The molecule has 1 aromatic carbocycles. The lowest BCUT2D eigenvalue weighted by molar-refractivity contribution is -0.140. The molecule has 0 spiro atoms. The van der Waals surface area contributed by atoms with Gasteiger partial charge in [-0.1, -0.05) is 24.2 Å². The van der Waals surface area contributed by atoms with Crippen LogP contribution in [0.15, 0.2) is 28.6 Å². The zero-order valence-electron chi connectivity index (χ0n) is 16.1. The molecule has 0 aliphatic heterocycles. The molecule has 0 saturated heterocycles. The SMILES string of the molecule is O=C(O)CSc1cnc(NC(=O)N(CC2CCCC2)c2ccc(F)c(C(F)(F)F)c2)s1. The number of nitrogens with zero attached hydrogens (tertiary/aromatic N) is 2. The van der Waals surface area contributed by atoms with E-state index in [1.54, 1.807) is 0 Å². The van der Waals surface area contributed by atoms with Gasteiger partial charge in [-0.05, 0) is 37.0 Å². The monoisotopic (exact) mass is 477 g/mol. The summed E-state index contributed by atoms with van der Waals surface area (Å²) < 4.78 is 53.8. The molecule has 168 valence electrons. The molecule has 1 aliphatic rings. The van der Waals surface area contributed by atoms with Gasteiger partial charge in [0.2, 0.25) is 0 Å². The van der Waals surface area contributed by atoms with Crippen LogP contribution in [0.4, 0.5) is 33.2 Å². The summed E-state index contributed by atoms with van der Waals surface area (Å²) in [6.45, 7) is 0.195. The van der Waals surface area contributed by atoms with Gasteiger partial charge < -0.3 is 5.11 Å². The zero-order chi connectivity index (χ0) is 22.6. The minimum Gasteiger partial charge on any atom is -0.481 e. The molecule has 1 heterocycles. The minimum atomic E-state index is -4.89. The van der Waals surface area contributed by atoms with Gasteiger partial charge in [0, 0.05) is 12.2 Å². The number of benzene rings is 1. The summed E-state index contributed by atoms with van der Waals surface area (Å²) >= 11 is 2.10. The number of halogens is 4. The van der Waals surface area contributed by atoms with E-state index in [1.807, 2.05) is 0 Å². The zero-order valence-corrected chi connectivity index (χ0v) is 17.7. The van der Waals surface area contributed by atoms with Crippen LogP contribution in [-0.4, -0.2) is 34.4 Å². The standard InChI is InChI=1S/C19H19F4N3O3S2/c20-14-6-5-12(7-13(14)19(21,22)23)26(9-11-3-1-2-4-11)18(29)25-17-24-8-16(31-17)30-10-15(27)28/h5-8,11H,1-4,9-10H2,(H,27,28)(H,24,25,29). The number of hydrogen-bond acceptors (Lipinski definition) is 5. The van der Waals surface area contributed by atoms with Crippen molar-refractivity contribution < 1.29 is 32.3 Å². The highest BCUT2D eigenvalue weighted by atomic mass is 32.2. The van der Waals surface area contributed by atoms with Crippen molar-refractivity contribution in [1.82, 2.24) is 4.98 Å². The third-order valence-corrected chi connectivity index (χ3v) is 6.86. The van der Waals surface area contributed by atoms with Gasteiger partial charge in [0.15, 0.2) is 5.13 Å². The number of carboxylic acid groups (broad SMARTS) is 1. The van der Waals surface area contributed by atoms with Gasteiger partial charge in [-0.25, -0.2) is 14.2 Å². The molecule has 2 aromatic rings. The Morgan fingerprint density at radius 3 is 2.65 bits per heavy atom. The van der Waals surface area contributed by atoms with Gasteiger partial charge in [0.05, 0.1) is 21.7 Å². The molecule has 0 radical (unpaired) electrons. The molecule has 1 aromatic heterocycles. The largest absolute Gasteiger partial charge is 0.481 e. The third kappa shape index (κ3) is 6.33. The van der Waals surface area contributed by atoms with Crippen molar-refractivity contribution in [3.05, 3.63) is 35.8 Å². The quantitative estimate of drug-likeness (QED) is 0.395. The lowest BCUT2D eigenvalue weighted by atomic mass is 10.1. The van der Waals surface area contributed by atoms with Crippen molar-refractivity contribution >= 4 is 45.9 Å². The fourth-order valence-electron chi connectivity index (χ4n) is 3.33. The minimum absolute atomic E-state index is 0.0600. The maximum atomic E-state index is 13.7. The predicted octanol–water partition coefficient (Wildman–Crippen LogP) is 5.71. The van der Waals surface area contributed by atoms with Gasteiger partial charge in [0.25, 0.3) is 0 Å². The lowest BCUT2D eigenvalue weighted by Crippen LogP contribution is -2.38. The van der Waals surface area contributed by atoms with Crippen molar-refractivity contribution in [1.29, 1.82) is 0 Å². The Balaban J connectivity index is 1.82. The van der Waals surface area contributed by atoms with Gasteiger partial charge in [-0.3, -0.25) is 15.0 Å². The summed E-state index contributed by atoms with van der Waals surface area (Å²) in [5, 5.41) is 11.5. The Kier molecular flexibility index (Phi) is 7.42. The summed E-state index contributed by atoms with van der Waals surface area (Å²) in [6, 6.07) is 1.81. The van der Waals surface area contributed by atoms with E-state index in [4.69, 9.17) is 5.11 Å². The second-order valence-electron chi connectivity index (χ2n) is 7.02. The Hall–Kier alpha value is -2.34. The number of aliphatic carboxylic acids is 1. The molecule has 6 nitrogen and oxygen atoms in total. The summed E-state index contributed by atoms with van der Waals surface area (Å²) in [4.78, 5) is 28.8. The number of aromatic nitrogens is 1. The predicted molar refractivity (Wildman–Crippen MR) is 110 cm³/mol. The summed E-state index contributed by atoms with van der Waals surface area (Å²) in [6.07, 6.45) is 0.187. The second kappa shape index (κ2) is 9.86. The molecular weight excluding hydrogens is 458 g/mol. The molecule has 0 atom stereocenters. The van der Waals surface area contributed by atoms with Crippen LogP contribution >= 0.6 is 23.1 Å². The number of amides is 2. The molecule has 3 rings (SSSR count). The average molecular weight is 478 g/mol. The molecule has 0 bridgehead atoms. The van der Waals surface area contributed by atoms with Gasteiger partial charge >= 0.3 is 18.2 Å². The summed E-state index contributed by atoms with van der Waals surface area (Å²) in [7, 11) is 0. The topological polar surface area (TPSA) is 82.5 Å². The van der Waals surface area contributed by atoms with Crippen molar-refractivity contribution in [3.63, 3.8) is 0 Å². The second-order valence-corrected chi connectivity index (χ2v) is 9.33. The van der Waals surface area contributed by atoms with Crippen molar-refractivity contribution in [2.45, 2.75) is 36.1 Å². The number of hydrogen-bond donors (Lipinski definition) is 2. The number of thioether (sulfide) groups is 1. The smallest absolute Gasteiger partial charge is 0.419 e. The lowest BCUT2D eigenvalue weighted by Gasteiger charge is -2.26. The first-order valence-corrected chi connectivity index (χ1v) is 11.2. The van der Waals surface area contributed by atoms with Crippen LogP contribution in [0, 0.1) is 11.7 Å². The highest BCUT2D eigenvalue weighted by Gasteiger charge is 2.35. The highest BCUT2D eigenvalue weighted by molar-refractivity contribution is 8.01. The maximum Gasteiger partial charge on any atom is 0.419 e.